The minimum atomic E-state index is -0.505. The minimum Gasteiger partial charge on any atom is -0.465 e. The van der Waals surface area contributed by atoms with E-state index in [4.69, 9.17) is 5.26 Å². The van der Waals surface area contributed by atoms with Crippen molar-refractivity contribution in [2.75, 3.05) is 7.11 Å². The van der Waals surface area contributed by atoms with Gasteiger partial charge in [-0.25, -0.2) is 9.79 Å². The number of carbonyl (C=O) groups is 1. The molecule has 0 saturated carbocycles. The quantitative estimate of drug-likeness (QED) is 0.521. The third-order valence-corrected chi connectivity index (χ3v) is 1.52. The number of esters is 1. The smallest absolute Gasteiger partial charge is 0.349 e. The van der Waals surface area contributed by atoms with E-state index in [1.165, 1.54) is 7.11 Å². The Kier molecular flexibility index (Phi) is 3.39. The third kappa shape index (κ3) is 2.72. The van der Waals surface area contributed by atoms with Crippen molar-refractivity contribution in [3.63, 3.8) is 0 Å². The maximum absolute atomic E-state index is 10.7. The molecule has 0 atom stereocenters. The van der Waals surface area contributed by atoms with E-state index in [1.54, 1.807) is 24.3 Å². The average Bonchev–Trinajstić information content (AvgIpc) is 2.26. The number of ether oxygens (including phenoxy) is 1. The van der Waals surface area contributed by atoms with Gasteiger partial charge in [0.1, 0.15) is 6.21 Å². The van der Waals surface area contributed by atoms with Gasteiger partial charge in [0, 0.05) is 0 Å². The van der Waals surface area contributed by atoms with Crippen LogP contribution in [0.25, 0.3) is 0 Å². The minimum absolute atomic E-state index is 0.505. The van der Waals surface area contributed by atoms with Crippen LogP contribution in [-0.2, 0) is 9.53 Å². The highest BCUT2D eigenvalue weighted by Gasteiger charge is 1.93. The van der Waals surface area contributed by atoms with Crippen LogP contribution in [0.5, 0.6) is 0 Å². The number of nitriles is 1. The molecule has 0 fully saturated rings. The first kappa shape index (κ1) is 9.93. The van der Waals surface area contributed by atoms with Crippen LogP contribution in [0.2, 0.25) is 0 Å². The lowest BCUT2D eigenvalue weighted by Gasteiger charge is -1.92. The highest BCUT2D eigenvalue weighted by atomic mass is 16.5. The Balaban J connectivity index is 2.74. The number of methoxy groups -OCH3 is 1. The monoisotopic (exact) mass is 188 g/mol. The van der Waals surface area contributed by atoms with Crippen LogP contribution in [0.1, 0.15) is 5.56 Å². The topological polar surface area (TPSA) is 62.4 Å². The van der Waals surface area contributed by atoms with Crippen molar-refractivity contribution in [3.8, 4) is 6.07 Å². The van der Waals surface area contributed by atoms with Crippen LogP contribution in [0.3, 0.4) is 0 Å². The molecule has 0 heterocycles. The molecule has 70 valence electrons. The number of carbonyl (C=O) groups excluding carboxylic acids is 1. The summed E-state index contributed by atoms with van der Waals surface area (Å²) in [7, 11) is 1.28. The summed E-state index contributed by atoms with van der Waals surface area (Å²) in [4.78, 5) is 14.5. The first-order valence-corrected chi connectivity index (χ1v) is 3.88. The van der Waals surface area contributed by atoms with Crippen LogP contribution in [0.15, 0.2) is 29.3 Å². The molecule has 1 rings (SSSR count). The lowest BCUT2D eigenvalue weighted by Crippen LogP contribution is -1.99. The van der Waals surface area contributed by atoms with Crippen molar-refractivity contribution < 1.29 is 9.53 Å². The SMILES string of the molecule is COC(=O)C=Nc1ccc(C#N)cc1. The first-order chi connectivity index (χ1) is 6.76. The Morgan fingerprint density at radius 2 is 2.14 bits per heavy atom. The molecule has 4 nitrogen and oxygen atoms in total. The van der Waals surface area contributed by atoms with Gasteiger partial charge in [0.25, 0.3) is 0 Å². The number of nitrogens with zero attached hydrogens (tertiary/aromatic N) is 2. The van der Waals surface area contributed by atoms with Gasteiger partial charge in [-0.1, -0.05) is 0 Å². The van der Waals surface area contributed by atoms with Crippen molar-refractivity contribution in [1.29, 1.82) is 5.26 Å². The predicted molar refractivity (Wildman–Crippen MR) is 51.3 cm³/mol. The molecule has 0 bridgehead atoms. The summed E-state index contributed by atoms with van der Waals surface area (Å²) in [5, 5.41) is 8.52. The van der Waals surface area contributed by atoms with Crippen LogP contribution in [-0.4, -0.2) is 19.3 Å². The van der Waals surface area contributed by atoms with Crippen molar-refractivity contribution in [1.82, 2.24) is 0 Å². The molecular weight excluding hydrogens is 180 g/mol. The highest BCUT2D eigenvalue weighted by molar-refractivity contribution is 6.23. The molecule has 0 aliphatic rings. The van der Waals surface area contributed by atoms with E-state index in [0.717, 1.165) is 6.21 Å². The molecular formula is C10H8N2O2. The van der Waals surface area contributed by atoms with E-state index in [2.05, 4.69) is 9.73 Å². The van der Waals surface area contributed by atoms with Gasteiger partial charge < -0.3 is 4.74 Å². The maximum Gasteiger partial charge on any atom is 0.349 e. The number of benzene rings is 1. The summed E-state index contributed by atoms with van der Waals surface area (Å²) >= 11 is 0. The lowest BCUT2D eigenvalue weighted by atomic mass is 10.2. The second kappa shape index (κ2) is 4.77. The van der Waals surface area contributed by atoms with Crippen molar-refractivity contribution in [2.24, 2.45) is 4.99 Å². The number of rotatable bonds is 2. The van der Waals surface area contributed by atoms with Crippen LogP contribution in [0, 0.1) is 11.3 Å². The second-order valence-electron chi connectivity index (χ2n) is 2.44. The predicted octanol–water partition coefficient (Wildman–Crippen LogP) is 1.43. The second-order valence-corrected chi connectivity index (χ2v) is 2.44. The number of hydrogen-bond acceptors (Lipinski definition) is 4. The molecule has 0 saturated heterocycles. The number of aliphatic imine (C=N–C) groups is 1. The van der Waals surface area contributed by atoms with E-state index in [-0.39, 0.29) is 0 Å². The third-order valence-electron chi connectivity index (χ3n) is 1.52. The normalized spacial score (nSPS) is 9.71. The fraction of sp³-hybridized carbons (Fsp3) is 0.100. The number of hydrogen-bond donors (Lipinski definition) is 0. The average molecular weight is 188 g/mol. The maximum atomic E-state index is 10.7. The van der Waals surface area contributed by atoms with E-state index in [1.807, 2.05) is 6.07 Å². The van der Waals surface area contributed by atoms with Gasteiger partial charge in [-0.15, -0.1) is 0 Å². The zero-order valence-corrected chi connectivity index (χ0v) is 7.60. The van der Waals surface area contributed by atoms with Gasteiger partial charge in [-0.05, 0) is 24.3 Å². The van der Waals surface area contributed by atoms with Gasteiger partial charge in [0.05, 0.1) is 24.4 Å². The van der Waals surface area contributed by atoms with Crippen molar-refractivity contribution in [2.45, 2.75) is 0 Å². The molecule has 0 spiro atoms. The van der Waals surface area contributed by atoms with Gasteiger partial charge in [-0.2, -0.15) is 5.26 Å². The van der Waals surface area contributed by atoms with Gasteiger partial charge in [-0.3, -0.25) is 0 Å². The summed E-state index contributed by atoms with van der Waals surface area (Å²) in [6.45, 7) is 0. The Morgan fingerprint density at radius 1 is 1.50 bits per heavy atom. The molecule has 4 heteroatoms. The zero-order chi connectivity index (χ0) is 10.4. The van der Waals surface area contributed by atoms with Crippen molar-refractivity contribution >= 4 is 17.9 Å². The Hall–Kier alpha value is -2.15. The fourth-order valence-electron chi connectivity index (χ4n) is 0.802. The molecule has 0 unspecified atom stereocenters. The van der Waals surface area contributed by atoms with Gasteiger partial charge >= 0.3 is 5.97 Å². The Labute approximate surface area is 81.5 Å². The van der Waals surface area contributed by atoms with Crippen LogP contribution < -0.4 is 0 Å². The van der Waals surface area contributed by atoms with E-state index in [0.29, 0.717) is 11.3 Å². The zero-order valence-electron chi connectivity index (χ0n) is 7.60. The first-order valence-electron chi connectivity index (χ1n) is 3.88. The van der Waals surface area contributed by atoms with Crippen LogP contribution in [0.4, 0.5) is 5.69 Å². The Bertz CT molecular complexity index is 388. The highest BCUT2D eigenvalue weighted by Crippen LogP contribution is 2.11. The molecule has 0 aliphatic carbocycles. The van der Waals surface area contributed by atoms with Gasteiger partial charge in [0.2, 0.25) is 0 Å². The van der Waals surface area contributed by atoms with E-state index < -0.39 is 5.97 Å². The fourth-order valence-corrected chi connectivity index (χ4v) is 0.802. The lowest BCUT2D eigenvalue weighted by molar-refractivity contribution is -0.132. The van der Waals surface area contributed by atoms with Crippen molar-refractivity contribution in [3.05, 3.63) is 29.8 Å². The van der Waals surface area contributed by atoms with Gasteiger partial charge in [0.15, 0.2) is 0 Å². The summed E-state index contributed by atoms with van der Waals surface area (Å²) < 4.78 is 4.38. The molecule has 0 amide bonds. The molecule has 0 aromatic heterocycles. The summed E-state index contributed by atoms with van der Waals surface area (Å²) in [6, 6.07) is 8.55. The summed E-state index contributed by atoms with van der Waals surface area (Å²) in [6.07, 6.45) is 1.08. The molecule has 0 radical (unpaired) electrons. The standard InChI is InChI=1S/C10H8N2O2/c1-14-10(13)7-12-9-4-2-8(6-11)3-5-9/h2-5,7H,1H3. The summed E-state index contributed by atoms with van der Waals surface area (Å²) in [5.41, 5.74) is 1.16. The largest absolute Gasteiger partial charge is 0.465 e. The molecule has 14 heavy (non-hydrogen) atoms. The molecule has 0 N–H and O–H groups in total. The summed E-state index contributed by atoms with van der Waals surface area (Å²) in [5.74, 6) is -0.505. The van der Waals surface area contributed by atoms with E-state index >= 15 is 0 Å². The van der Waals surface area contributed by atoms with E-state index in [9.17, 15) is 4.79 Å². The molecule has 0 aliphatic heterocycles. The molecule has 1 aromatic carbocycles. The Morgan fingerprint density at radius 3 is 2.64 bits per heavy atom. The molecule has 1 aromatic rings. The van der Waals surface area contributed by atoms with Crippen LogP contribution >= 0.6 is 0 Å².